The Balaban J connectivity index is 2.02. The monoisotopic (exact) mass is 315 g/mol. The largest absolute Gasteiger partial charge is 0.326 e. The Kier molecular flexibility index (Phi) is 5.03. The fourth-order valence-corrected chi connectivity index (χ4v) is 1.81. The van der Waals surface area contributed by atoms with E-state index in [9.17, 15) is 18.8 Å². The molecule has 0 bridgehead atoms. The number of para-hydroxylation sites is 1. The van der Waals surface area contributed by atoms with Gasteiger partial charge in [-0.1, -0.05) is 18.2 Å². The first kappa shape index (κ1) is 16.2. The van der Waals surface area contributed by atoms with Crippen LogP contribution < -0.4 is 16.0 Å². The van der Waals surface area contributed by atoms with E-state index in [0.29, 0.717) is 11.4 Å². The quantitative estimate of drug-likeness (QED) is 0.760. The molecule has 0 spiro atoms. The van der Waals surface area contributed by atoms with Crippen LogP contribution in [-0.2, 0) is 14.4 Å². The van der Waals surface area contributed by atoms with Crippen molar-refractivity contribution in [3.63, 3.8) is 0 Å². The Morgan fingerprint density at radius 3 is 2.09 bits per heavy atom. The van der Waals surface area contributed by atoms with Gasteiger partial charge in [0, 0.05) is 18.3 Å². The average Bonchev–Trinajstić information content (AvgIpc) is 2.49. The first-order valence-electron chi connectivity index (χ1n) is 6.70. The number of rotatable bonds is 3. The van der Waals surface area contributed by atoms with Crippen molar-refractivity contribution in [2.24, 2.45) is 0 Å². The maximum Gasteiger partial charge on any atom is 0.314 e. The lowest BCUT2D eigenvalue weighted by atomic mass is 10.2. The summed E-state index contributed by atoms with van der Waals surface area (Å²) in [5, 5.41) is 7.11. The second-order valence-electron chi connectivity index (χ2n) is 4.65. The average molecular weight is 315 g/mol. The minimum Gasteiger partial charge on any atom is -0.326 e. The molecule has 2 rings (SSSR count). The zero-order valence-electron chi connectivity index (χ0n) is 12.2. The van der Waals surface area contributed by atoms with Gasteiger partial charge in [0.15, 0.2) is 0 Å². The number of hydrogen-bond acceptors (Lipinski definition) is 3. The summed E-state index contributed by atoms with van der Waals surface area (Å²) in [6.07, 6.45) is 0. The van der Waals surface area contributed by atoms with Crippen LogP contribution in [-0.4, -0.2) is 17.7 Å². The smallest absolute Gasteiger partial charge is 0.314 e. The molecule has 2 aromatic carbocycles. The lowest BCUT2D eigenvalue weighted by molar-refractivity contribution is -0.133. The third kappa shape index (κ3) is 4.63. The van der Waals surface area contributed by atoms with Crippen LogP contribution >= 0.6 is 0 Å². The zero-order valence-corrected chi connectivity index (χ0v) is 12.2. The topological polar surface area (TPSA) is 87.3 Å². The van der Waals surface area contributed by atoms with Gasteiger partial charge in [0.05, 0.1) is 5.69 Å². The molecule has 118 valence electrons. The second-order valence-corrected chi connectivity index (χ2v) is 4.65. The summed E-state index contributed by atoms with van der Waals surface area (Å²) in [4.78, 5) is 34.6. The molecule has 23 heavy (non-hydrogen) atoms. The van der Waals surface area contributed by atoms with E-state index < -0.39 is 17.6 Å². The Bertz CT molecular complexity index is 762. The van der Waals surface area contributed by atoms with Gasteiger partial charge in [-0.3, -0.25) is 14.4 Å². The fourth-order valence-electron chi connectivity index (χ4n) is 1.81. The minimum atomic E-state index is -1.000. The van der Waals surface area contributed by atoms with Gasteiger partial charge in [0.2, 0.25) is 5.91 Å². The Morgan fingerprint density at radius 2 is 1.43 bits per heavy atom. The third-order valence-corrected chi connectivity index (χ3v) is 2.77. The van der Waals surface area contributed by atoms with E-state index in [-0.39, 0.29) is 11.6 Å². The molecule has 0 aliphatic carbocycles. The van der Waals surface area contributed by atoms with E-state index in [1.165, 1.54) is 37.3 Å². The number of amides is 3. The highest BCUT2D eigenvalue weighted by atomic mass is 19.1. The van der Waals surface area contributed by atoms with E-state index in [4.69, 9.17) is 0 Å². The molecule has 0 heterocycles. The highest BCUT2D eigenvalue weighted by Gasteiger charge is 2.15. The van der Waals surface area contributed by atoms with Crippen molar-refractivity contribution in [2.75, 3.05) is 16.0 Å². The summed E-state index contributed by atoms with van der Waals surface area (Å²) < 4.78 is 13.4. The highest BCUT2D eigenvalue weighted by Crippen LogP contribution is 2.16. The molecule has 2 aromatic rings. The number of anilines is 3. The number of nitrogens with one attached hydrogen (secondary N) is 3. The van der Waals surface area contributed by atoms with Crippen LogP contribution in [0.3, 0.4) is 0 Å². The van der Waals surface area contributed by atoms with Crippen molar-refractivity contribution in [1.29, 1.82) is 0 Å². The summed E-state index contributed by atoms with van der Waals surface area (Å²) in [5.41, 5.74) is 0.717. The Hall–Kier alpha value is -3.22. The van der Waals surface area contributed by atoms with Gasteiger partial charge in [-0.05, 0) is 30.3 Å². The molecule has 0 saturated carbocycles. The van der Waals surface area contributed by atoms with Crippen molar-refractivity contribution in [1.82, 2.24) is 0 Å². The van der Waals surface area contributed by atoms with Crippen LogP contribution in [0.15, 0.2) is 48.5 Å². The van der Waals surface area contributed by atoms with Crippen molar-refractivity contribution in [2.45, 2.75) is 6.92 Å². The third-order valence-electron chi connectivity index (χ3n) is 2.77. The molecule has 0 fully saturated rings. The lowest BCUT2D eigenvalue weighted by Crippen LogP contribution is -2.29. The first-order valence-corrected chi connectivity index (χ1v) is 6.70. The molecule has 3 amide bonds. The lowest BCUT2D eigenvalue weighted by Gasteiger charge is -2.08. The van der Waals surface area contributed by atoms with Crippen LogP contribution in [0.1, 0.15) is 6.92 Å². The molecule has 3 N–H and O–H groups in total. The molecule has 0 aromatic heterocycles. The summed E-state index contributed by atoms with van der Waals surface area (Å²) >= 11 is 0. The maximum absolute atomic E-state index is 13.4. The molecule has 0 saturated heterocycles. The predicted octanol–water partition coefficient (Wildman–Crippen LogP) is 2.36. The second kappa shape index (κ2) is 7.17. The van der Waals surface area contributed by atoms with Crippen LogP contribution in [0.4, 0.5) is 21.5 Å². The molecule has 0 radical (unpaired) electrons. The predicted molar refractivity (Wildman–Crippen MR) is 84.4 cm³/mol. The maximum atomic E-state index is 13.4. The molecule has 0 atom stereocenters. The van der Waals surface area contributed by atoms with Gasteiger partial charge in [-0.25, -0.2) is 4.39 Å². The van der Waals surface area contributed by atoms with Crippen LogP contribution in [0.5, 0.6) is 0 Å². The molecule has 0 unspecified atom stereocenters. The van der Waals surface area contributed by atoms with Crippen molar-refractivity contribution in [3.8, 4) is 0 Å². The number of halogens is 1. The SMILES string of the molecule is CC(=O)Nc1cccc(NC(=O)C(=O)Nc2ccccc2F)c1. The molecular formula is C16H14FN3O3. The van der Waals surface area contributed by atoms with Gasteiger partial charge < -0.3 is 16.0 Å². The number of carbonyl (C=O) groups excluding carboxylic acids is 3. The molecule has 6 nitrogen and oxygen atoms in total. The van der Waals surface area contributed by atoms with Crippen LogP contribution in [0.2, 0.25) is 0 Å². The van der Waals surface area contributed by atoms with E-state index in [2.05, 4.69) is 16.0 Å². The molecular weight excluding hydrogens is 301 g/mol. The molecule has 7 heteroatoms. The fraction of sp³-hybridized carbons (Fsp3) is 0.0625. The van der Waals surface area contributed by atoms with E-state index >= 15 is 0 Å². The standard InChI is InChI=1S/C16H14FN3O3/c1-10(21)18-11-5-4-6-12(9-11)19-15(22)16(23)20-14-8-3-2-7-13(14)17/h2-9H,1H3,(H,18,21)(H,19,22)(H,20,23). The first-order chi connectivity index (χ1) is 11.0. The number of carbonyl (C=O) groups is 3. The zero-order chi connectivity index (χ0) is 16.8. The van der Waals surface area contributed by atoms with Crippen molar-refractivity contribution < 1.29 is 18.8 Å². The highest BCUT2D eigenvalue weighted by molar-refractivity contribution is 6.43. The van der Waals surface area contributed by atoms with Gasteiger partial charge in [-0.2, -0.15) is 0 Å². The van der Waals surface area contributed by atoms with E-state index in [0.717, 1.165) is 0 Å². The van der Waals surface area contributed by atoms with Gasteiger partial charge in [-0.15, -0.1) is 0 Å². The van der Waals surface area contributed by atoms with Crippen molar-refractivity contribution >= 4 is 34.8 Å². The normalized spacial score (nSPS) is 9.83. The van der Waals surface area contributed by atoms with Gasteiger partial charge in [0.1, 0.15) is 5.82 Å². The number of benzene rings is 2. The Labute approximate surface area is 131 Å². The summed E-state index contributed by atoms with van der Waals surface area (Å²) in [6.45, 7) is 1.35. The Morgan fingerprint density at radius 1 is 0.826 bits per heavy atom. The van der Waals surface area contributed by atoms with Gasteiger partial charge >= 0.3 is 11.8 Å². The summed E-state index contributed by atoms with van der Waals surface area (Å²) in [7, 11) is 0. The summed E-state index contributed by atoms with van der Waals surface area (Å²) in [6, 6.07) is 11.8. The molecule has 0 aliphatic rings. The minimum absolute atomic E-state index is 0.0837. The van der Waals surface area contributed by atoms with Crippen LogP contribution in [0, 0.1) is 5.82 Å². The molecule has 0 aliphatic heterocycles. The van der Waals surface area contributed by atoms with Crippen molar-refractivity contribution in [3.05, 3.63) is 54.3 Å². The van der Waals surface area contributed by atoms with E-state index in [1.54, 1.807) is 18.2 Å². The van der Waals surface area contributed by atoms with Crippen LogP contribution in [0.25, 0.3) is 0 Å². The number of hydrogen-bond donors (Lipinski definition) is 3. The summed E-state index contributed by atoms with van der Waals surface area (Å²) in [5.74, 6) is -2.85. The van der Waals surface area contributed by atoms with E-state index in [1.807, 2.05) is 0 Å². The van der Waals surface area contributed by atoms with Gasteiger partial charge in [0.25, 0.3) is 0 Å².